The van der Waals surface area contributed by atoms with Crippen LogP contribution in [-0.4, -0.2) is 24.0 Å². The molecule has 0 radical (unpaired) electrons. The summed E-state index contributed by atoms with van der Waals surface area (Å²) in [5, 5.41) is 0. The summed E-state index contributed by atoms with van der Waals surface area (Å²) in [5.74, 6) is 0. The molecule has 0 aromatic rings. The van der Waals surface area contributed by atoms with Gasteiger partial charge in [-0.25, -0.2) is 0 Å². The van der Waals surface area contributed by atoms with Gasteiger partial charge in [-0.3, -0.25) is 4.55 Å². The van der Waals surface area contributed by atoms with Gasteiger partial charge in [-0.15, -0.1) is 0 Å². The number of rotatable bonds is 2. The fraction of sp³-hybridized carbons (Fsp3) is 0.500. The van der Waals surface area contributed by atoms with Crippen molar-refractivity contribution in [2.24, 2.45) is 0 Å². The molecule has 0 amide bonds. The van der Waals surface area contributed by atoms with E-state index >= 15 is 0 Å². The first-order valence-electron chi connectivity index (χ1n) is 1.54. The lowest BCUT2D eigenvalue weighted by atomic mass is 10.9. The minimum atomic E-state index is -4.36. The maximum atomic E-state index is 9.75. The Balaban J connectivity index is 4.26. The molecule has 0 aliphatic heterocycles. The third-order valence-corrected chi connectivity index (χ3v) is 1.85. The molecule has 48 valence electrons. The van der Waals surface area contributed by atoms with Crippen molar-refractivity contribution in [3.63, 3.8) is 0 Å². The SMILES string of the molecule is O=CC(Cl)S(=O)(=O)O. The van der Waals surface area contributed by atoms with Crippen LogP contribution in [0, 0.1) is 0 Å². The lowest BCUT2D eigenvalue weighted by molar-refractivity contribution is -0.106. The zero-order chi connectivity index (χ0) is 6.78. The summed E-state index contributed by atoms with van der Waals surface area (Å²) in [6.45, 7) is 0. The van der Waals surface area contributed by atoms with Crippen molar-refractivity contribution in [3.8, 4) is 0 Å². The number of aldehydes is 1. The summed E-state index contributed by atoms with van der Waals surface area (Å²) in [6.07, 6.45) is -0.0725. The third kappa shape index (κ3) is 2.25. The number of halogens is 1. The molecule has 0 saturated heterocycles. The van der Waals surface area contributed by atoms with Crippen LogP contribution in [-0.2, 0) is 14.9 Å². The molecule has 0 aromatic carbocycles. The van der Waals surface area contributed by atoms with E-state index in [-0.39, 0.29) is 6.29 Å². The molecule has 0 rings (SSSR count). The van der Waals surface area contributed by atoms with Gasteiger partial charge in [0.05, 0.1) is 0 Å². The molecule has 0 aromatic heterocycles. The van der Waals surface area contributed by atoms with E-state index in [2.05, 4.69) is 0 Å². The molecule has 4 nitrogen and oxygen atoms in total. The molecule has 8 heavy (non-hydrogen) atoms. The monoisotopic (exact) mass is 158 g/mol. The van der Waals surface area contributed by atoms with E-state index in [1.165, 1.54) is 0 Å². The average molecular weight is 159 g/mol. The van der Waals surface area contributed by atoms with Crippen molar-refractivity contribution in [3.05, 3.63) is 0 Å². The zero-order valence-corrected chi connectivity index (χ0v) is 5.19. The van der Waals surface area contributed by atoms with Crippen molar-refractivity contribution >= 4 is 28.0 Å². The van der Waals surface area contributed by atoms with E-state index in [1.807, 2.05) is 0 Å². The Morgan fingerprint density at radius 3 is 2.00 bits per heavy atom. The largest absolute Gasteiger partial charge is 0.300 e. The molecule has 1 unspecified atom stereocenters. The number of hydrogen-bond donors (Lipinski definition) is 1. The van der Waals surface area contributed by atoms with Crippen LogP contribution >= 0.6 is 11.6 Å². The number of alkyl halides is 1. The van der Waals surface area contributed by atoms with Gasteiger partial charge in [-0.1, -0.05) is 11.6 Å². The highest BCUT2D eigenvalue weighted by molar-refractivity contribution is 7.88. The summed E-state index contributed by atoms with van der Waals surface area (Å²) in [6, 6.07) is 0. The molecular weight excluding hydrogens is 156 g/mol. The maximum Gasteiger partial charge on any atom is 0.289 e. The van der Waals surface area contributed by atoms with Gasteiger partial charge in [0.25, 0.3) is 10.1 Å². The number of carbonyl (C=O) groups is 1. The highest BCUT2D eigenvalue weighted by atomic mass is 35.5. The molecule has 0 aliphatic carbocycles. The second kappa shape index (κ2) is 2.43. The molecule has 0 aliphatic rings. The topological polar surface area (TPSA) is 71.4 Å². The number of hydrogen-bond acceptors (Lipinski definition) is 3. The third-order valence-electron chi connectivity index (χ3n) is 0.392. The van der Waals surface area contributed by atoms with Crippen LogP contribution in [0.5, 0.6) is 0 Å². The van der Waals surface area contributed by atoms with Crippen molar-refractivity contribution in [2.45, 2.75) is 4.71 Å². The Kier molecular flexibility index (Phi) is 2.39. The average Bonchev–Trinajstić information content (AvgIpc) is 1.62. The van der Waals surface area contributed by atoms with Crippen molar-refractivity contribution in [1.29, 1.82) is 0 Å². The lowest BCUT2D eigenvalue weighted by Crippen LogP contribution is -2.14. The minimum absolute atomic E-state index is 0.0725. The Bertz CT molecular complexity index is 170. The second-order valence-corrected chi connectivity index (χ2v) is 3.27. The minimum Gasteiger partial charge on any atom is -0.300 e. The molecule has 1 N–H and O–H groups in total. The molecule has 0 fully saturated rings. The van der Waals surface area contributed by atoms with Crippen LogP contribution in [0.25, 0.3) is 0 Å². The summed E-state index contributed by atoms with van der Waals surface area (Å²) in [7, 11) is -4.36. The second-order valence-electron chi connectivity index (χ2n) is 1.00. The van der Waals surface area contributed by atoms with E-state index in [9.17, 15) is 13.2 Å². The Hall–Kier alpha value is -0.130. The first kappa shape index (κ1) is 7.87. The molecule has 6 heteroatoms. The van der Waals surface area contributed by atoms with Crippen molar-refractivity contribution in [2.75, 3.05) is 0 Å². The van der Waals surface area contributed by atoms with Gasteiger partial charge in [-0.05, 0) is 0 Å². The summed E-state index contributed by atoms with van der Waals surface area (Å²) >= 11 is 4.74. The van der Waals surface area contributed by atoms with Crippen LogP contribution in [0.2, 0.25) is 0 Å². The van der Waals surface area contributed by atoms with Crippen LogP contribution in [0.15, 0.2) is 0 Å². The van der Waals surface area contributed by atoms with Crippen LogP contribution in [0.4, 0.5) is 0 Å². The number of carbonyl (C=O) groups excluding carboxylic acids is 1. The highest BCUT2D eigenvalue weighted by Crippen LogP contribution is 1.98. The standard InChI is InChI=1S/C2H3ClO4S/c3-2(1-4)8(5,6)7/h1-2H,(H,5,6,7). The van der Waals surface area contributed by atoms with Crippen molar-refractivity contribution < 1.29 is 17.8 Å². The van der Waals surface area contributed by atoms with E-state index in [1.54, 1.807) is 0 Å². The van der Waals surface area contributed by atoms with E-state index in [0.717, 1.165) is 0 Å². The fourth-order valence-corrected chi connectivity index (χ4v) is 0.211. The van der Waals surface area contributed by atoms with E-state index < -0.39 is 14.8 Å². The van der Waals surface area contributed by atoms with Crippen LogP contribution in [0.3, 0.4) is 0 Å². The smallest absolute Gasteiger partial charge is 0.289 e. The molecule has 1 atom stereocenters. The highest BCUT2D eigenvalue weighted by Gasteiger charge is 2.17. The maximum absolute atomic E-state index is 9.75. The lowest BCUT2D eigenvalue weighted by Gasteiger charge is -1.91. The van der Waals surface area contributed by atoms with Gasteiger partial charge in [0.1, 0.15) is 0 Å². The van der Waals surface area contributed by atoms with E-state index in [0.29, 0.717) is 0 Å². The quantitative estimate of drug-likeness (QED) is 0.338. The molecule has 0 spiro atoms. The summed E-state index contributed by atoms with van der Waals surface area (Å²) in [4.78, 5) is 9.48. The molecule has 0 bridgehead atoms. The summed E-state index contributed by atoms with van der Waals surface area (Å²) < 4.78 is 25.6. The predicted octanol–water partition coefficient (Wildman–Crippen LogP) is -0.362. The Labute approximate surface area is 51.2 Å². The van der Waals surface area contributed by atoms with Crippen LogP contribution < -0.4 is 0 Å². The first-order valence-corrected chi connectivity index (χ1v) is 3.48. The van der Waals surface area contributed by atoms with Crippen molar-refractivity contribution in [1.82, 2.24) is 0 Å². The fourth-order valence-electron chi connectivity index (χ4n) is 0.0702. The predicted molar refractivity (Wildman–Crippen MR) is 27.3 cm³/mol. The normalized spacial score (nSPS) is 15.2. The van der Waals surface area contributed by atoms with Gasteiger partial charge < -0.3 is 4.79 Å². The molecule has 0 saturated carbocycles. The summed E-state index contributed by atoms with van der Waals surface area (Å²) in [5.41, 5.74) is 0. The van der Waals surface area contributed by atoms with Gasteiger partial charge >= 0.3 is 0 Å². The van der Waals surface area contributed by atoms with Crippen LogP contribution in [0.1, 0.15) is 0 Å². The Morgan fingerprint density at radius 1 is 1.62 bits per heavy atom. The van der Waals surface area contributed by atoms with Gasteiger partial charge in [-0.2, -0.15) is 8.42 Å². The van der Waals surface area contributed by atoms with Gasteiger partial charge in [0.2, 0.25) is 4.71 Å². The molecule has 0 heterocycles. The first-order chi connectivity index (χ1) is 3.48. The van der Waals surface area contributed by atoms with Gasteiger partial charge in [0, 0.05) is 0 Å². The zero-order valence-electron chi connectivity index (χ0n) is 3.61. The Morgan fingerprint density at radius 2 is 2.00 bits per heavy atom. The van der Waals surface area contributed by atoms with E-state index in [4.69, 9.17) is 16.2 Å². The van der Waals surface area contributed by atoms with Gasteiger partial charge in [0.15, 0.2) is 6.29 Å². The molecular formula is C2H3ClO4S.